The highest BCUT2D eigenvalue weighted by molar-refractivity contribution is 7.09. The lowest BCUT2D eigenvalue weighted by Crippen LogP contribution is -2.25. The van der Waals surface area contributed by atoms with Gasteiger partial charge in [-0.3, -0.25) is 9.78 Å². The molecule has 0 spiro atoms. The third-order valence-corrected chi connectivity index (χ3v) is 4.49. The summed E-state index contributed by atoms with van der Waals surface area (Å²) in [6, 6.07) is 9.89. The average Bonchev–Trinajstić information content (AvgIpc) is 3.23. The Balaban J connectivity index is 1.82. The monoisotopic (exact) mass is 325 g/mol. The van der Waals surface area contributed by atoms with Crippen molar-refractivity contribution in [3.8, 4) is 11.1 Å². The molecule has 0 aliphatic rings. The molecule has 4 nitrogen and oxygen atoms in total. The van der Waals surface area contributed by atoms with Crippen LogP contribution < -0.4 is 5.32 Å². The molecule has 0 aliphatic carbocycles. The molecule has 0 unspecified atom stereocenters. The van der Waals surface area contributed by atoms with Crippen LogP contribution in [-0.4, -0.2) is 15.5 Å². The fourth-order valence-electron chi connectivity index (χ4n) is 2.50. The number of rotatable bonds is 6. The molecule has 3 rings (SSSR count). The molecule has 0 aromatic carbocycles. The Morgan fingerprint density at radius 2 is 2.09 bits per heavy atom. The Morgan fingerprint density at radius 1 is 1.26 bits per heavy atom. The van der Waals surface area contributed by atoms with Crippen LogP contribution in [0, 0.1) is 0 Å². The van der Waals surface area contributed by atoms with E-state index in [2.05, 4.69) is 17.2 Å². The van der Waals surface area contributed by atoms with Crippen molar-refractivity contribution < 1.29 is 4.79 Å². The topological polar surface area (TPSA) is 46.9 Å². The number of hydrogen-bond donors (Lipinski definition) is 1. The summed E-state index contributed by atoms with van der Waals surface area (Å²) >= 11 is 1.65. The second kappa shape index (κ2) is 7.24. The highest BCUT2D eigenvalue weighted by Crippen LogP contribution is 2.22. The molecular weight excluding hydrogens is 306 g/mol. The van der Waals surface area contributed by atoms with E-state index in [0.29, 0.717) is 12.2 Å². The molecule has 3 heterocycles. The number of hydrogen-bond acceptors (Lipinski definition) is 3. The van der Waals surface area contributed by atoms with E-state index in [0.717, 1.165) is 29.0 Å². The highest BCUT2D eigenvalue weighted by atomic mass is 32.1. The number of nitrogens with zero attached hydrogens (tertiary/aromatic N) is 2. The van der Waals surface area contributed by atoms with Gasteiger partial charge in [-0.15, -0.1) is 11.3 Å². The second-order valence-electron chi connectivity index (χ2n) is 5.31. The molecule has 0 bridgehead atoms. The second-order valence-corrected chi connectivity index (χ2v) is 6.34. The Morgan fingerprint density at radius 3 is 2.78 bits per heavy atom. The van der Waals surface area contributed by atoms with Gasteiger partial charge >= 0.3 is 0 Å². The first kappa shape index (κ1) is 15.5. The van der Waals surface area contributed by atoms with E-state index in [-0.39, 0.29) is 5.91 Å². The van der Waals surface area contributed by atoms with E-state index >= 15 is 0 Å². The molecule has 3 aromatic rings. The van der Waals surface area contributed by atoms with E-state index in [1.807, 2.05) is 46.5 Å². The van der Waals surface area contributed by atoms with Crippen LogP contribution in [-0.2, 0) is 13.1 Å². The number of thiophene rings is 1. The maximum atomic E-state index is 12.5. The Labute approximate surface area is 139 Å². The van der Waals surface area contributed by atoms with Gasteiger partial charge < -0.3 is 9.88 Å². The lowest BCUT2D eigenvalue weighted by molar-refractivity contribution is 0.0942. The quantitative estimate of drug-likeness (QED) is 0.746. The minimum atomic E-state index is -0.0350. The zero-order valence-corrected chi connectivity index (χ0v) is 13.8. The summed E-state index contributed by atoms with van der Waals surface area (Å²) in [6.07, 6.45) is 6.56. The Hall–Kier alpha value is -2.40. The zero-order valence-electron chi connectivity index (χ0n) is 13.0. The minimum Gasteiger partial charge on any atom is -0.346 e. The molecular formula is C18H19N3OS. The largest absolute Gasteiger partial charge is 0.346 e. The van der Waals surface area contributed by atoms with Crippen LogP contribution in [0.2, 0.25) is 0 Å². The van der Waals surface area contributed by atoms with E-state index in [9.17, 15) is 4.79 Å². The van der Waals surface area contributed by atoms with Gasteiger partial charge in [-0.2, -0.15) is 0 Å². The van der Waals surface area contributed by atoms with Crippen molar-refractivity contribution in [1.82, 2.24) is 14.9 Å². The van der Waals surface area contributed by atoms with Gasteiger partial charge in [0.25, 0.3) is 5.91 Å². The van der Waals surface area contributed by atoms with Gasteiger partial charge in [-0.05, 0) is 41.6 Å². The number of carbonyl (C=O) groups is 1. The maximum Gasteiger partial charge on any atom is 0.268 e. The van der Waals surface area contributed by atoms with Crippen molar-refractivity contribution in [2.75, 3.05) is 0 Å². The summed E-state index contributed by atoms with van der Waals surface area (Å²) in [4.78, 5) is 17.7. The first-order valence-corrected chi connectivity index (χ1v) is 8.57. The first-order chi connectivity index (χ1) is 11.3. The predicted molar refractivity (Wildman–Crippen MR) is 93.4 cm³/mol. The van der Waals surface area contributed by atoms with Crippen LogP contribution >= 0.6 is 11.3 Å². The van der Waals surface area contributed by atoms with E-state index in [4.69, 9.17) is 0 Å². The third kappa shape index (κ3) is 3.68. The molecule has 1 amide bonds. The van der Waals surface area contributed by atoms with Crippen molar-refractivity contribution in [3.05, 3.63) is 64.9 Å². The van der Waals surface area contributed by atoms with Crippen molar-refractivity contribution in [2.24, 2.45) is 0 Å². The van der Waals surface area contributed by atoms with Crippen molar-refractivity contribution in [1.29, 1.82) is 0 Å². The SMILES string of the molecule is CCCn1cc(-c2ccncc2)cc1C(=O)NCc1cccs1. The Bertz CT molecular complexity index is 763. The van der Waals surface area contributed by atoms with Crippen LogP contribution in [0.1, 0.15) is 28.7 Å². The van der Waals surface area contributed by atoms with Crippen molar-refractivity contribution in [3.63, 3.8) is 0 Å². The van der Waals surface area contributed by atoms with Gasteiger partial charge in [0.05, 0.1) is 6.54 Å². The van der Waals surface area contributed by atoms with E-state index in [1.54, 1.807) is 23.7 Å². The molecule has 1 N–H and O–H groups in total. The molecule has 23 heavy (non-hydrogen) atoms. The van der Waals surface area contributed by atoms with Crippen LogP contribution in [0.15, 0.2) is 54.3 Å². The van der Waals surface area contributed by atoms with Crippen molar-refractivity contribution in [2.45, 2.75) is 26.4 Å². The molecule has 5 heteroatoms. The van der Waals surface area contributed by atoms with Gasteiger partial charge in [0.2, 0.25) is 0 Å². The van der Waals surface area contributed by atoms with Gasteiger partial charge in [0.15, 0.2) is 0 Å². The molecule has 118 valence electrons. The van der Waals surface area contributed by atoms with Gasteiger partial charge in [-0.1, -0.05) is 13.0 Å². The van der Waals surface area contributed by atoms with E-state index < -0.39 is 0 Å². The summed E-state index contributed by atoms with van der Waals surface area (Å²) in [6.45, 7) is 3.50. The number of amides is 1. The first-order valence-electron chi connectivity index (χ1n) is 7.69. The standard InChI is InChI=1S/C18H19N3OS/c1-2-9-21-13-15(14-5-7-19-8-6-14)11-17(21)18(22)20-12-16-4-3-10-23-16/h3-8,10-11,13H,2,9,12H2,1H3,(H,20,22). The van der Waals surface area contributed by atoms with Gasteiger partial charge in [-0.25, -0.2) is 0 Å². The molecule has 0 saturated heterocycles. The van der Waals surface area contributed by atoms with Crippen molar-refractivity contribution >= 4 is 17.2 Å². The summed E-state index contributed by atoms with van der Waals surface area (Å²) in [5.74, 6) is -0.0350. The zero-order chi connectivity index (χ0) is 16.1. The summed E-state index contributed by atoms with van der Waals surface area (Å²) in [7, 11) is 0. The number of nitrogens with one attached hydrogen (secondary N) is 1. The average molecular weight is 325 g/mol. The minimum absolute atomic E-state index is 0.0350. The lowest BCUT2D eigenvalue weighted by Gasteiger charge is -2.07. The summed E-state index contributed by atoms with van der Waals surface area (Å²) in [5.41, 5.74) is 2.82. The number of aromatic nitrogens is 2. The van der Waals surface area contributed by atoms with Crippen LogP contribution in [0.25, 0.3) is 11.1 Å². The summed E-state index contributed by atoms with van der Waals surface area (Å²) < 4.78 is 2.03. The molecule has 0 saturated carbocycles. The molecule has 0 radical (unpaired) electrons. The normalized spacial score (nSPS) is 10.7. The van der Waals surface area contributed by atoms with Crippen LogP contribution in [0.4, 0.5) is 0 Å². The predicted octanol–water partition coefficient (Wildman–Crippen LogP) is 3.95. The molecule has 0 aliphatic heterocycles. The summed E-state index contributed by atoms with van der Waals surface area (Å²) in [5, 5.41) is 5.02. The molecule has 0 atom stereocenters. The third-order valence-electron chi connectivity index (χ3n) is 3.61. The Kier molecular flexibility index (Phi) is 4.88. The molecule has 3 aromatic heterocycles. The van der Waals surface area contributed by atoms with E-state index in [1.165, 1.54) is 0 Å². The number of aryl methyl sites for hydroxylation is 1. The van der Waals surface area contributed by atoms with Gasteiger partial charge in [0, 0.05) is 35.6 Å². The van der Waals surface area contributed by atoms with Crippen LogP contribution in [0.3, 0.4) is 0 Å². The number of carbonyl (C=O) groups excluding carboxylic acids is 1. The maximum absolute atomic E-state index is 12.5. The van der Waals surface area contributed by atoms with Gasteiger partial charge in [0.1, 0.15) is 5.69 Å². The fraction of sp³-hybridized carbons (Fsp3) is 0.222. The highest BCUT2D eigenvalue weighted by Gasteiger charge is 2.14. The molecule has 0 fully saturated rings. The smallest absolute Gasteiger partial charge is 0.268 e. The fourth-order valence-corrected chi connectivity index (χ4v) is 3.14. The lowest BCUT2D eigenvalue weighted by atomic mass is 10.1. The number of pyridine rings is 1. The van der Waals surface area contributed by atoms with Crippen LogP contribution in [0.5, 0.6) is 0 Å².